The number of fused-ring (bicyclic) bond motifs is 1. The van der Waals surface area contributed by atoms with Crippen LogP contribution in [0, 0.1) is 0 Å². The van der Waals surface area contributed by atoms with Gasteiger partial charge in [-0.2, -0.15) is 4.98 Å². The maximum absolute atomic E-state index is 5.58. The Bertz CT molecular complexity index is 1130. The zero-order chi connectivity index (χ0) is 20.5. The molecule has 0 saturated carbocycles. The van der Waals surface area contributed by atoms with Crippen molar-refractivity contribution in [2.45, 2.75) is 19.5 Å². The molecule has 2 aromatic carbocycles. The zero-order valence-corrected chi connectivity index (χ0v) is 17.4. The molecule has 7 heteroatoms. The molecule has 3 heterocycles. The van der Waals surface area contributed by atoms with E-state index in [0.717, 1.165) is 49.6 Å². The quantitative estimate of drug-likeness (QED) is 0.509. The van der Waals surface area contributed by atoms with Crippen LogP contribution in [0.25, 0.3) is 22.4 Å². The molecular weight excluding hydrogens is 376 g/mol. The van der Waals surface area contributed by atoms with E-state index < -0.39 is 0 Å². The van der Waals surface area contributed by atoms with Crippen molar-refractivity contribution >= 4 is 11.0 Å². The highest BCUT2D eigenvalue weighted by atomic mass is 16.5. The van der Waals surface area contributed by atoms with Gasteiger partial charge in [-0.3, -0.25) is 9.80 Å². The largest absolute Gasteiger partial charge is 0.337 e. The van der Waals surface area contributed by atoms with Crippen LogP contribution in [-0.2, 0) is 13.6 Å². The van der Waals surface area contributed by atoms with Crippen molar-refractivity contribution in [2.75, 3.05) is 26.2 Å². The second kappa shape index (κ2) is 8.01. The van der Waals surface area contributed by atoms with Crippen molar-refractivity contribution in [3.63, 3.8) is 0 Å². The summed E-state index contributed by atoms with van der Waals surface area (Å²) in [5, 5.41) is 4.17. The zero-order valence-electron chi connectivity index (χ0n) is 17.4. The van der Waals surface area contributed by atoms with Crippen LogP contribution in [0.1, 0.15) is 24.7 Å². The Labute approximate surface area is 175 Å². The highest BCUT2D eigenvalue weighted by Gasteiger charge is 2.26. The number of nitrogens with zero attached hydrogens (tertiary/aromatic N) is 6. The molecule has 1 atom stereocenters. The molecular formula is C23H26N6O. The SMILES string of the molecule is CC(c1nc(-c2ccccc2)no1)N1CCN(Cc2nc3ccccc3n2C)CC1. The van der Waals surface area contributed by atoms with Crippen LogP contribution in [-0.4, -0.2) is 55.7 Å². The fourth-order valence-electron chi connectivity index (χ4n) is 4.11. The molecule has 0 amide bonds. The van der Waals surface area contributed by atoms with Crippen LogP contribution in [0.3, 0.4) is 0 Å². The first-order chi connectivity index (χ1) is 14.7. The molecule has 1 saturated heterocycles. The molecule has 0 N–H and O–H groups in total. The van der Waals surface area contributed by atoms with Gasteiger partial charge < -0.3 is 9.09 Å². The van der Waals surface area contributed by atoms with Crippen LogP contribution in [0.5, 0.6) is 0 Å². The van der Waals surface area contributed by atoms with E-state index in [4.69, 9.17) is 9.51 Å². The van der Waals surface area contributed by atoms with E-state index in [2.05, 4.69) is 56.7 Å². The van der Waals surface area contributed by atoms with Crippen molar-refractivity contribution in [3.8, 4) is 11.4 Å². The van der Waals surface area contributed by atoms with Gasteiger partial charge in [0.15, 0.2) is 0 Å². The van der Waals surface area contributed by atoms with Gasteiger partial charge in [0.1, 0.15) is 5.82 Å². The predicted molar refractivity (Wildman–Crippen MR) is 116 cm³/mol. The number of piperazine rings is 1. The Balaban J connectivity index is 1.21. The number of hydrogen-bond acceptors (Lipinski definition) is 6. The van der Waals surface area contributed by atoms with E-state index in [1.807, 2.05) is 36.4 Å². The summed E-state index contributed by atoms with van der Waals surface area (Å²) < 4.78 is 7.78. The van der Waals surface area contributed by atoms with Crippen LogP contribution in [0.4, 0.5) is 0 Å². The van der Waals surface area contributed by atoms with Crippen LogP contribution >= 0.6 is 0 Å². The van der Waals surface area contributed by atoms with Crippen molar-refractivity contribution in [3.05, 3.63) is 66.3 Å². The molecule has 0 radical (unpaired) electrons. The molecule has 0 bridgehead atoms. The lowest BCUT2D eigenvalue weighted by Crippen LogP contribution is -2.46. The number of hydrogen-bond donors (Lipinski definition) is 0. The molecule has 30 heavy (non-hydrogen) atoms. The minimum Gasteiger partial charge on any atom is -0.337 e. The molecule has 1 aliphatic heterocycles. The van der Waals surface area contributed by atoms with Gasteiger partial charge in [-0.05, 0) is 19.1 Å². The number of rotatable bonds is 5. The molecule has 1 aliphatic rings. The average molecular weight is 403 g/mol. The Hall–Kier alpha value is -3.03. The summed E-state index contributed by atoms with van der Waals surface area (Å²) >= 11 is 0. The third-order valence-electron chi connectivity index (χ3n) is 6.03. The lowest BCUT2D eigenvalue weighted by atomic mass is 10.2. The molecule has 7 nitrogen and oxygen atoms in total. The summed E-state index contributed by atoms with van der Waals surface area (Å²) in [4.78, 5) is 14.3. The normalized spacial score (nSPS) is 16.9. The van der Waals surface area contributed by atoms with E-state index in [0.29, 0.717) is 11.7 Å². The Morgan fingerprint density at radius 2 is 1.67 bits per heavy atom. The summed E-state index contributed by atoms with van der Waals surface area (Å²) in [7, 11) is 2.10. The average Bonchev–Trinajstić information content (AvgIpc) is 3.40. The fourth-order valence-corrected chi connectivity index (χ4v) is 4.11. The van der Waals surface area contributed by atoms with Crippen LogP contribution in [0.2, 0.25) is 0 Å². The van der Waals surface area contributed by atoms with E-state index in [1.54, 1.807) is 0 Å². The molecule has 0 aliphatic carbocycles. The van der Waals surface area contributed by atoms with Gasteiger partial charge in [0.2, 0.25) is 11.7 Å². The number of para-hydroxylation sites is 2. The summed E-state index contributed by atoms with van der Waals surface area (Å²) in [5.74, 6) is 2.44. The minimum absolute atomic E-state index is 0.105. The highest BCUT2D eigenvalue weighted by molar-refractivity contribution is 5.75. The lowest BCUT2D eigenvalue weighted by Gasteiger charge is -2.36. The number of imidazole rings is 1. The standard InChI is InChI=1S/C23H26N6O/c1-17(23-25-22(26-30-23)18-8-4-3-5-9-18)29-14-12-28(13-15-29)16-21-24-19-10-6-7-11-20(19)27(21)2/h3-11,17H,12-16H2,1-2H3. The van der Waals surface area contributed by atoms with Crippen molar-refractivity contribution < 1.29 is 4.52 Å². The first kappa shape index (κ1) is 19.0. The second-order valence-electron chi connectivity index (χ2n) is 7.89. The third-order valence-corrected chi connectivity index (χ3v) is 6.03. The smallest absolute Gasteiger partial charge is 0.244 e. The summed E-state index contributed by atoms with van der Waals surface area (Å²) in [5.41, 5.74) is 3.23. The van der Waals surface area contributed by atoms with Gasteiger partial charge in [-0.25, -0.2) is 4.98 Å². The Kier molecular flexibility index (Phi) is 5.06. The Morgan fingerprint density at radius 3 is 2.43 bits per heavy atom. The summed E-state index contributed by atoms with van der Waals surface area (Å²) in [6.45, 7) is 6.93. The molecule has 154 valence electrons. The molecule has 1 fully saturated rings. The Morgan fingerprint density at radius 1 is 0.933 bits per heavy atom. The third kappa shape index (κ3) is 3.62. The first-order valence-electron chi connectivity index (χ1n) is 10.4. The minimum atomic E-state index is 0.105. The van der Waals surface area contributed by atoms with E-state index in [-0.39, 0.29) is 6.04 Å². The molecule has 5 rings (SSSR count). The maximum Gasteiger partial charge on any atom is 0.244 e. The van der Waals surface area contributed by atoms with E-state index in [9.17, 15) is 0 Å². The monoisotopic (exact) mass is 402 g/mol. The topological polar surface area (TPSA) is 63.2 Å². The van der Waals surface area contributed by atoms with Gasteiger partial charge in [-0.1, -0.05) is 47.6 Å². The first-order valence-corrected chi connectivity index (χ1v) is 10.4. The number of aryl methyl sites for hydroxylation is 1. The van der Waals surface area contributed by atoms with Gasteiger partial charge in [-0.15, -0.1) is 0 Å². The lowest BCUT2D eigenvalue weighted by molar-refractivity contribution is 0.0828. The van der Waals surface area contributed by atoms with Gasteiger partial charge in [0.05, 0.1) is 23.6 Å². The highest BCUT2D eigenvalue weighted by Crippen LogP contribution is 2.24. The van der Waals surface area contributed by atoms with Crippen LogP contribution in [0.15, 0.2) is 59.1 Å². The summed E-state index contributed by atoms with van der Waals surface area (Å²) in [6.07, 6.45) is 0. The second-order valence-corrected chi connectivity index (χ2v) is 7.89. The van der Waals surface area contributed by atoms with Crippen LogP contribution < -0.4 is 0 Å². The van der Waals surface area contributed by atoms with E-state index >= 15 is 0 Å². The van der Waals surface area contributed by atoms with Gasteiger partial charge in [0, 0.05) is 38.8 Å². The van der Waals surface area contributed by atoms with Crippen molar-refractivity contribution in [1.29, 1.82) is 0 Å². The van der Waals surface area contributed by atoms with Gasteiger partial charge >= 0.3 is 0 Å². The number of benzene rings is 2. The van der Waals surface area contributed by atoms with Crippen molar-refractivity contribution in [2.24, 2.45) is 7.05 Å². The molecule has 0 spiro atoms. The predicted octanol–water partition coefficient (Wildman–Crippen LogP) is 3.50. The molecule has 2 aromatic heterocycles. The van der Waals surface area contributed by atoms with E-state index in [1.165, 1.54) is 5.52 Å². The maximum atomic E-state index is 5.58. The summed E-state index contributed by atoms with van der Waals surface area (Å²) in [6, 6.07) is 18.4. The number of aromatic nitrogens is 4. The fraction of sp³-hybridized carbons (Fsp3) is 0.348. The molecule has 1 unspecified atom stereocenters. The van der Waals surface area contributed by atoms with Gasteiger partial charge in [0.25, 0.3) is 0 Å². The van der Waals surface area contributed by atoms with Crippen molar-refractivity contribution in [1.82, 2.24) is 29.5 Å². The molecule has 4 aromatic rings.